The Kier molecular flexibility index (Phi) is 10.0. The predicted molar refractivity (Wildman–Crippen MR) is 140 cm³/mol. The highest BCUT2D eigenvalue weighted by Crippen LogP contribution is 2.36. The molecule has 0 atom stereocenters. The molecule has 0 aliphatic carbocycles. The fraction of sp³-hybridized carbons (Fsp3) is 0.348. The number of aromatic nitrogens is 1. The summed E-state index contributed by atoms with van der Waals surface area (Å²) < 4.78 is 11.1. The van der Waals surface area contributed by atoms with Crippen LogP contribution in [-0.4, -0.2) is 84.1 Å². The van der Waals surface area contributed by atoms with Gasteiger partial charge in [0.05, 0.1) is 28.6 Å². The summed E-state index contributed by atoms with van der Waals surface area (Å²) in [6.45, 7) is 3.71. The van der Waals surface area contributed by atoms with Crippen molar-refractivity contribution >= 4 is 34.7 Å². The second-order valence-electron chi connectivity index (χ2n) is 8.24. The molecule has 6 N–H and O–H groups in total. The lowest BCUT2D eigenvalue weighted by atomic mass is 10.1. The molecule has 0 radical (unpaired) electrons. The van der Waals surface area contributed by atoms with Gasteiger partial charge in [0.15, 0.2) is 5.69 Å². The van der Waals surface area contributed by atoms with Crippen LogP contribution in [-0.2, 0) is 4.74 Å². The van der Waals surface area contributed by atoms with Crippen LogP contribution in [0.5, 0.6) is 5.75 Å². The minimum Gasteiger partial charge on any atom is -0.490 e. The number of hydrogen-bond donors (Lipinski definition) is 4. The molecule has 1 aromatic heterocycles. The Bertz CT molecular complexity index is 1260. The van der Waals surface area contributed by atoms with Crippen molar-refractivity contribution in [3.8, 4) is 5.75 Å². The quantitative estimate of drug-likeness (QED) is 0.147. The number of hydrogen-bond acceptors (Lipinski definition) is 12. The largest absolute Gasteiger partial charge is 0.490 e. The summed E-state index contributed by atoms with van der Waals surface area (Å²) in [6, 6.07) is 3.45. The summed E-state index contributed by atoms with van der Waals surface area (Å²) in [5.41, 5.74) is 9.61. The molecule has 208 valence electrons. The third kappa shape index (κ3) is 8.08. The molecule has 1 saturated heterocycles. The number of ether oxygens (including phenoxy) is 2. The second kappa shape index (κ2) is 13.6. The van der Waals surface area contributed by atoms with E-state index >= 15 is 0 Å². The maximum absolute atomic E-state index is 11.7. The van der Waals surface area contributed by atoms with Crippen LogP contribution in [0.3, 0.4) is 0 Å². The van der Waals surface area contributed by atoms with Crippen molar-refractivity contribution in [2.75, 3.05) is 63.2 Å². The van der Waals surface area contributed by atoms with Crippen molar-refractivity contribution in [3.63, 3.8) is 0 Å². The van der Waals surface area contributed by atoms with Crippen LogP contribution in [0, 0.1) is 20.2 Å². The van der Waals surface area contributed by atoms with Crippen molar-refractivity contribution in [2.45, 2.75) is 0 Å². The molecule has 1 aliphatic heterocycles. The lowest BCUT2D eigenvalue weighted by Gasteiger charge is -2.26. The molecule has 0 spiro atoms. The van der Waals surface area contributed by atoms with Crippen molar-refractivity contribution < 1.29 is 28.9 Å². The van der Waals surface area contributed by atoms with E-state index in [0.29, 0.717) is 19.8 Å². The highest BCUT2D eigenvalue weighted by molar-refractivity contribution is 5.96. The number of primary amides is 2. The second-order valence-corrected chi connectivity index (χ2v) is 8.24. The number of amides is 2. The van der Waals surface area contributed by atoms with Crippen LogP contribution >= 0.6 is 0 Å². The summed E-state index contributed by atoms with van der Waals surface area (Å²) in [5.74, 6) is -1.63. The van der Waals surface area contributed by atoms with Crippen LogP contribution in [0.4, 0.5) is 22.9 Å². The Morgan fingerprint density at radius 1 is 1.00 bits per heavy atom. The number of pyridine rings is 1. The van der Waals surface area contributed by atoms with E-state index in [1.54, 1.807) is 12.2 Å². The molecule has 2 amide bonds. The molecule has 16 heteroatoms. The fourth-order valence-corrected chi connectivity index (χ4v) is 3.63. The first-order valence-electron chi connectivity index (χ1n) is 11.8. The number of nitrogens with zero attached hydrogens (tertiary/aromatic N) is 4. The number of anilines is 2. The maximum Gasteiger partial charge on any atom is 0.312 e. The highest BCUT2D eigenvalue weighted by Gasteiger charge is 2.23. The Morgan fingerprint density at radius 2 is 1.62 bits per heavy atom. The maximum atomic E-state index is 11.7. The van der Waals surface area contributed by atoms with Gasteiger partial charge in [-0.1, -0.05) is 12.2 Å². The molecule has 1 aliphatic rings. The molecule has 2 heterocycles. The molecule has 16 nitrogen and oxygen atoms in total. The topological polar surface area (TPSA) is 231 Å². The number of nitrogens with one attached hydrogen (secondary N) is 2. The van der Waals surface area contributed by atoms with Gasteiger partial charge in [0.1, 0.15) is 12.4 Å². The molecular formula is C23H28N8O8. The van der Waals surface area contributed by atoms with Crippen LogP contribution in [0.25, 0.3) is 0 Å². The van der Waals surface area contributed by atoms with Crippen LogP contribution < -0.4 is 26.8 Å². The van der Waals surface area contributed by atoms with E-state index in [4.69, 9.17) is 20.9 Å². The van der Waals surface area contributed by atoms with E-state index in [-0.39, 0.29) is 53.8 Å². The smallest absolute Gasteiger partial charge is 0.312 e. The molecule has 0 unspecified atom stereocenters. The molecular weight excluding hydrogens is 516 g/mol. The van der Waals surface area contributed by atoms with E-state index in [9.17, 15) is 29.8 Å². The zero-order valence-electron chi connectivity index (χ0n) is 20.8. The summed E-state index contributed by atoms with van der Waals surface area (Å²) in [4.78, 5) is 50.7. The lowest BCUT2D eigenvalue weighted by Crippen LogP contribution is -2.38. The average molecular weight is 545 g/mol. The van der Waals surface area contributed by atoms with Crippen LogP contribution in [0.2, 0.25) is 0 Å². The van der Waals surface area contributed by atoms with E-state index in [0.717, 1.165) is 31.4 Å². The van der Waals surface area contributed by atoms with Crippen molar-refractivity contribution in [1.29, 1.82) is 0 Å². The first kappa shape index (κ1) is 28.7. The number of nitro benzene ring substituents is 1. The van der Waals surface area contributed by atoms with Gasteiger partial charge >= 0.3 is 5.69 Å². The van der Waals surface area contributed by atoms with E-state index in [1.165, 1.54) is 6.07 Å². The van der Waals surface area contributed by atoms with E-state index in [1.807, 2.05) is 0 Å². The van der Waals surface area contributed by atoms with Gasteiger partial charge in [0.2, 0.25) is 11.7 Å². The number of nitrogens with two attached hydrogens (primary N) is 2. The SMILES string of the molecule is NC(=O)c1cnc(NC/C=C/CNc2c(OCCN3CCOCC3)cc(C(N)=O)cc2[N+](=O)[O-])c([N+](=O)[O-])c1. The highest BCUT2D eigenvalue weighted by atomic mass is 16.6. The van der Waals surface area contributed by atoms with Gasteiger partial charge in [-0.3, -0.25) is 34.7 Å². The monoisotopic (exact) mass is 544 g/mol. The van der Waals surface area contributed by atoms with Gasteiger partial charge in [0.25, 0.3) is 11.6 Å². The van der Waals surface area contributed by atoms with Gasteiger partial charge in [-0.05, 0) is 6.07 Å². The van der Waals surface area contributed by atoms with Crippen molar-refractivity contribution in [3.05, 3.63) is 67.9 Å². The molecule has 0 saturated carbocycles. The minimum absolute atomic E-state index is 0.0590. The van der Waals surface area contributed by atoms with Crippen LogP contribution in [0.1, 0.15) is 20.7 Å². The molecule has 3 rings (SSSR count). The molecule has 2 aromatic rings. The Morgan fingerprint density at radius 3 is 2.23 bits per heavy atom. The molecule has 39 heavy (non-hydrogen) atoms. The number of carbonyl (C=O) groups excluding carboxylic acids is 2. The zero-order chi connectivity index (χ0) is 28.4. The zero-order valence-corrected chi connectivity index (χ0v) is 20.8. The van der Waals surface area contributed by atoms with Gasteiger partial charge in [-0.15, -0.1) is 0 Å². The minimum atomic E-state index is -0.842. The Labute approximate surface area is 222 Å². The molecule has 1 aromatic carbocycles. The predicted octanol–water partition coefficient (Wildman–Crippen LogP) is 0.887. The third-order valence-electron chi connectivity index (χ3n) is 5.63. The van der Waals surface area contributed by atoms with E-state index < -0.39 is 27.3 Å². The summed E-state index contributed by atoms with van der Waals surface area (Å²) in [7, 11) is 0. The van der Waals surface area contributed by atoms with Crippen LogP contribution in [0.15, 0.2) is 36.5 Å². The fourth-order valence-electron chi connectivity index (χ4n) is 3.63. The van der Waals surface area contributed by atoms with Gasteiger partial charge in [-0.2, -0.15) is 0 Å². The standard InChI is InChI=1S/C23H28N8O8/c24-21(32)15-11-17(30(34)35)20(19(13-15)39-10-7-29-5-8-38-9-6-29)26-3-1-2-4-27-23-18(31(36)37)12-16(14-28-23)22(25)33/h1-2,11-14,26H,3-10H2,(H2,24,32)(H2,25,33)(H,27,28)/b2-1+. The van der Waals surface area contributed by atoms with Gasteiger partial charge in [-0.25, -0.2) is 4.98 Å². The Balaban J connectivity index is 1.67. The summed E-state index contributed by atoms with van der Waals surface area (Å²) >= 11 is 0. The molecule has 1 fully saturated rings. The summed E-state index contributed by atoms with van der Waals surface area (Å²) in [6.07, 6.45) is 4.36. The number of morpholine rings is 1. The van der Waals surface area contributed by atoms with Gasteiger partial charge in [0, 0.05) is 56.6 Å². The Hall–Kier alpha value is -4.83. The number of nitro groups is 2. The third-order valence-corrected chi connectivity index (χ3v) is 5.63. The van der Waals surface area contributed by atoms with Gasteiger partial charge < -0.3 is 31.6 Å². The first-order valence-corrected chi connectivity index (χ1v) is 11.8. The van der Waals surface area contributed by atoms with Crippen molar-refractivity contribution in [1.82, 2.24) is 9.88 Å². The lowest BCUT2D eigenvalue weighted by molar-refractivity contribution is -0.384. The first-order chi connectivity index (χ1) is 18.7. The average Bonchev–Trinajstić information content (AvgIpc) is 2.91. The molecule has 0 bridgehead atoms. The number of rotatable bonds is 14. The van der Waals surface area contributed by atoms with E-state index in [2.05, 4.69) is 20.5 Å². The normalized spacial score (nSPS) is 13.6. The summed E-state index contributed by atoms with van der Waals surface area (Å²) in [5, 5.41) is 28.7. The van der Waals surface area contributed by atoms with Crippen molar-refractivity contribution in [2.24, 2.45) is 11.5 Å². The number of carbonyl (C=O) groups is 2. The number of benzene rings is 1.